The second-order valence-electron chi connectivity index (χ2n) is 5.83. The van der Waals surface area contributed by atoms with E-state index in [9.17, 15) is 13.2 Å². The summed E-state index contributed by atoms with van der Waals surface area (Å²) in [4.78, 5) is 15.5. The molecule has 0 aliphatic carbocycles. The van der Waals surface area contributed by atoms with Gasteiger partial charge in [0.1, 0.15) is 0 Å². The van der Waals surface area contributed by atoms with Gasteiger partial charge in [0, 0.05) is 13.1 Å². The van der Waals surface area contributed by atoms with Crippen LogP contribution in [0.5, 0.6) is 0 Å². The van der Waals surface area contributed by atoms with Crippen LogP contribution in [-0.4, -0.2) is 72.9 Å². The minimum atomic E-state index is -3.35. The number of amides is 2. The highest BCUT2D eigenvalue weighted by Gasteiger charge is 2.28. The molecule has 1 fully saturated rings. The second-order valence-corrected chi connectivity index (χ2v) is 7.66. The third-order valence-electron chi connectivity index (χ3n) is 3.78. The zero-order valence-corrected chi connectivity index (χ0v) is 15.0. The highest BCUT2D eigenvalue weighted by atomic mass is 32.2. The van der Waals surface area contributed by atoms with Gasteiger partial charge in [-0.15, -0.1) is 9.90 Å². The largest absolute Gasteiger partial charge is 0.377 e. The zero-order chi connectivity index (χ0) is 18.6. The van der Waals surface area contributed by atoms with Gasteiger partial charge in [-0.1, -0.05) is 18.2 Å². The lowest BCUT2D eigenvalue weighted by molar-refractivity contribution is 0.0176. The number of para-hydroxylation sites is 1. The van der Waals surface area contributed by atoms with E-state index in [2.05, 4.69) is 20.2 Å². The molecule has 2 heterocycles. The Hall–Kier alpha value is -2.50. The van der Waals surface area contributed by atoms with Crippen LogP contribution in [0.25, 0.3) is 5.69 Å². The number of aromatic nitrogens is 3. The smallest absolute Gasteiger partial charge is 0.323 e. The second kappa shape index (κ2) is 7.81. The van der Waals surface area contributed by atoms with Crippen molar-refractivity contribution < 1.29 is 17.9 Å². The predicted molar refractivity (Wildman–Crippen MR) is 94.5 cm³/mol. The van der Waals surface area contributed by atoms with Crippen LogP contribution < -0.4 is 10.0 Å². The summed E-state index contributed by atoms with van der Waals surface area (Å²) in [6.07, 6.45) is 2.53. The average Bonchev–Trinajstić information content (AvgIpc) is 3.09. The number of nitrogens with one attached hydrogen (secondary N) is 2. The number of hydrogen-bond donors (Lipinski definition) is 2. The van der Waals surface area contributed by atoms with Gasteiger partial charge in [-0.3, -0.25) is 5.32 Å². The van der Waals surface area contributed by atoms with Crippen molar-refractivity contribution in [3.63, 3.8) is 0 Å². The Morgan fingerprint density at radius 2 is 2.12 bits per heavy atom. The predicted octanol–water partition coefficient (Wildman–Crippen LogP) is 0.0492. The van der Waals surface area contributed by atoms with Crippen LogP contribution in [0.15, 0.2) is 36.5 Å². The molecule has 1 aromatic heterocycles. The third kappa shape index (κ3) is 4.77. The number of nitrogens with zero attached hydrogens (tertiary/aromatic N) is 4. The highest BCUT2D eigenvalue weighted by Crippen LogP contribution is 2.11. The zero-order valence-electron chi connectivity index (χ0n) is 14.2. The normalized spacial score (nSPS) is 17.9. The van der Waals surface area contributed by atoms with Gasteiger partial charge in [0.05, 0.1) is 37.4 Å². The Kier molecular flexibility index (Phi) is 5.49. The molecule has 1 atom stereocenters. The maximum atomic E-state index is 12.6. The number of anilines is 1. The van der Waals surface area contributed by atoms with Crippen molar-refractivity contribution in [2.24, 2.45) is 0 Å². The monoisotopic (exact) mass is 380 g/mol. The molecule has 140 valence electrons. The summed E-state index contributed by atoms with van der Waals surface area (Å²) in [5.74, 6) is 0.306. The topological polar surface area (TPSA) is 118 Å². The number of carbonyl (C=O) groups is 1. The molecule has 1 aliphatic rings. The molecule has 1 aromatic carbocycles. The number of carbonyl (C=O) groups excluding carboxylic acids is 1. The van der Waals surface area contributed by atoms with E-state index >= 15 is 0 Å². The highest BCUT2D eigenvalue weighted by molar-refractivity contribution is 7.88. The SMILES string of the molecule is CS(=O)(=O)NCC1COCCN1C(=O)Nc1cnn(-c2ccccc2)n1. The molecule has 1 unspecified atom stereocenters. The van der Waals surface area contributed by atoms with Crippen LogP contribution in [0.4, 0.5) is 10.6 Å². The first-order chi connectivity index (χ1) is 12.4. The van der Waals surface area contributed by atoms with Crippen molar-refractivity contribution in [1.29, 1.82) is 0 Å². The fourth-order valence-electron chi connectivity index (χ4n) is 2.53. The summed E-state index contributed by atoms with van der Waals surface area (Å²) in [5.41, 5.74) is 0.773. The number of urea groups is 1. The van der Waals surface area contributed by atoms with Crippen molar-refractivity contribution >= 4 is 21.9 Å². The van der Waals surface area contributed by atoms with Gasteiger partial charge in [0.15, 0.2) is 5.82 Å². The molecule has 3 rings (SSSR count). The van der Waals surface area contributed by atoms with Crippen molar-refractivity contribution in [1.82, 2.24) is 24.6 Å². The van der Waals surface area contributed by atoms with Crippen molar-refractivity contribution in [3.8, 4) is 5.69 Å². The summed E-state index contributed by atoms with van der Waals surface area (Å²) >= 11 is 0. The molecule has 0 spiro atoms. The quantitative estimate of drug-likeness (QED) is 0.757. The Morgan fingerprint density at radius 3 is 2.85 bits per heavy atom. The standard InChI is InChI=1S/C15H20N6O4S/c1-26(23,24)17-9-13-11-25-8-7-20(13)15(22)18-14-10-16-21(19-14)12-5-3-2-4-6-12/h2-6,10,13,17H,7-9,11H2,1H3,(H,18,19,22). The van der Waals surface area contributed by atoms with Gasteiger partial charge < -0.3 is 9.64 Å². The van der Waals surface area contributed by atoms with Crippen LogP contribution in [0.3, 0.4) is 0 Å². The molecule has 1 aliphatic heterocycles. The summed E-state index contributed by atoms with van der Waals surface area (Å²) < 4.78 is 30.3. The molecule has 1 saturated heterocycles. The lowest BCUT2D eigenvalue weighted by Crippen LogP contribution is -2.54. The average molecular weight is 380 g/mol. The van der Waals surface area contributed by atoms with Gasteiger partial charge >= 0.3 is 6.03 Å². The lowest BCUT2D eigenvalue weighted by atomic mass is 10.2. The van der Waals surface area contributed by atoms with Crippen LogP contribution in [0.1, 0.15) is 0 Å². The number of sulfonamides is 1. The number of ether oxygens (including phenoxy) is 1. The number of hydrogen-bond acceptors (Lipinski definition) is 6. The Labute approximate surface area is 151 Å². The van der Waals surface area contributed by atoms with Crippen molar-refractivity contribution in [2.75, 3.05) is 37.9 Å². The molecule has 0 bridgehead atoms. The molecule has 2 N–H and O–H groups in total. The van der Waals surface area contributed by atoms with E-state index in [0.29, 0.717) is 19.0 Å². The minimum Gasteiger partial charge on any atom is -0.377 e. The first-order valence-corrected chi connectivity index (χ1v) is 9.89. The van der Waals surface area contributed by atoms with Crippen LogP contribution >= 0.6 is 0 Å². The van der Waals surface area contributed by atoms with Crippen LogP contribution in [0, 0.1) is 0 Å². The maximum absolute atomic E-state index is 12.6. The summed E-state index contributed by atoms with van der Waals surface area (Å²) in [6, 6.07) is 8.53. The Morgan fingerprint density at radius 1 is 1.35 bits per heavy atom. The van der Waals surface area contributed by atoms with E-state index in [0.717, 1.165) is 11.9 Å². The van der Waals surface area contributed by atoms with E-state index in [1.165, 1.54) is 15.9 Å². The van der Waals surface area contributed by atoms with Crippen molar-refractivity contribution in [2.45, 2.75) is 6.04 Å². The molecule has 0 radical (unpaired) electrons. The first kappa shape index (κ1) is 18.3. The van der Waals surface area contributed by atoms with Crippen LogP contribution in [-0.2, 0) is 14.8 Å². The van der Waals surface area contributed by atoms with E-state index in [4.69, 9.17) is 4.74 Å². The first-order valence-electron chi connectivity index (χ1n) is 8.00. The van der Waals surface area contributed by atoms with E-state index in [-0.39, 0.29) is 19.2 Å². The molecule has 10 nitrogen and oxygen atoms in total. The van der Waals surface area contributed by atoms with Gasteiger partial charge in [0.25, 0.3) is 0 Å². The summed E-state index contributed by atoms with van der Waals surface area (Å²) in [7, 11) is -3.35. The fourth-order valence-corrected chi connectivity index (χ4v) is 3.02. The van der Waals surface area contributed by atoms with Crippen LogP contribution in [0.2, 0.25) is 0 Å². The molecular weight excluding hydrogens is 360 g/mol. The lowest BCUT2D eigenvalue weighted by Gasteiger charge is -2.35. The summed E-state index contributed by atoms with van der Waals surface area (Å²) in [5, 5.41) is 11.0. The Bertz CT molecular complexity index is 854. The van der Waals surface area contributed by atoms with Gasteiger partial charge in [-0.05, 0) is 12.1 Å². The molecule has 0 saturated carbocycles. The number of benzene rings is 1. The van der Waals surface area contributed by atoms with Crippen molar-refractivity contribution in [3.05, 3.63) is 36.5 Å². The molecular formula is C15H20N6O4S. The van der Waals surface area contributed by atoms with E-state index in [1.807, 2.05) is 30.3 Å². The fraction of sp³-hybridized carbons (Fsp3) is 0.400. The molecule has 11 heteroatoms. The Balaban J connectivity index is 1.65. The maximum Gasteiger partial charge on any atom is 0.323 e. The molecule has 2 amide bonds. The summed E-state index contributed by atoms with van der Waals surface area (Å²) in [6.45, 7) is 1.09. The number of rotatable bonds is 5. The van der Waals surface area contributed by atoms with E-state index < -0.39 is 16.1 Å². The van der Waals surface area contributed by atoms with E-state index in [1.54, 1.807) is 0 Å². The van der Waals surface area contributed by atoms with Gasteiger partial charge in [-0.25, -0.2) is 17.9 Å². The van der Waals surface area contributed by atoms with Gasteiger partial charge in [-0.2, -0.15) is 5.10 Å². The number of morpholine rings is 1. The van der Waals surface area contributed by atoms with Gasteiger partial charge in [0.2, 0.25) is 10.0 Å². The third-order valence-corrected chi connectivity index (χ3v) is 4.47. The molecule has 2 aromatic rings. The molecule has 26 heavy (non-hydrogen) atoms. The minimum absolute atomic E-state index is 0.0863.